The second-order valence-electron chi connectivity index (χ2n) is 5.57. The molecule has 0 atom stereocenters. The molecule has 2 N–H and O–H groups in total. The molecule has 2 fully saturated rings. The largest absolute Gasteiger partial charge is 0.381 e. The van der Waals surface area contributed by atoms with Crippen molar-refractivity contribution in [3.63, 3.8) is 0 Å². The van der Waals surface area contributed by atoms with Gasteiger partial charge in [-0.15, -0.1) is 0 Å². The molecule has 0 bridgehead atoms. The van der Waals surface area contributed by atoms with Crippen LogP contribution in [0, 0.1) is 0 Å². The van der Waals surface area contributed by atoms with E-state index >= 15 is 0 Å². The fourth-order valence-corrected chi connectivity index (χ4v) is 2.95. The van der Waals surface area contributed by atoms with Crippen LogP contribution < -0.4 is 5.73 Å². The molecule has 6 nitrogen and oxygen atoms in total. The third-order valence-electron chi connectivity index (χ3n) is 4.68. The van der Waals surface area contributed by atoms with Gasteiger partial charge >= 0.3 is 0 Å². The molecule has 1 aromatic rings. The first kappa shape index (κ1) is 13.0. The lowest BCUT2D eigenvalue weighted by atomic mass is 9.68. The zero-order valence-electron chi connectivity index (χ0n) is 11.4. The van der Waals surface area contributed by atoms with Gasteiger partial charge in [0.2, 0.25) is 11.7 Å². The number of nitrogens with zero attached hydrogens (tertiary/aromatic N) is 2. The smallest absolute Gasteiger partial charge is 0.234 e. The molecule has 106 valence electrons. The topological polar surface area (TPSA) is 83.4 Å². The van der Waals surface area contributed by atoms with Crippen molar-refractivity contribution in [2.24, 2.45) is 5.73 Å². The summed E-state index contributed by atoms with van der Waals surface area (Å²) in [6.45, 7) is 1.90. The lowest BCUT2D eigenvalue weighted by Gasteiger charge is -2.37. The zero-order valence-corrected chi connectivity index (χ0v) is 11.4. The number of aromatic nitrogens is 2. The molecule has 0 amide bonds. The molecule has 1 aromatic heterocycles. The van der Waals surface area contributed by atoms with E-state index in [-0.39, 0.29) is 5.41 Å². The van der Waals surface area contributed by atoms with Gasteiger partial charge in [-0.2, -0.15) is 4.98 Å². The van der Waals surface area contributed by atoms with Crippen LogP contribution in [0.25, 0.3) is 0 Å². The maximum absolute atomic E-state index is 5.87. The Morgan fingerprint density at radius 3 is 2.53 bits per heavy atom. The fraction of sp³-hybridized carbons (Fsp3) is 0.846. The number of ether oxygens (including phenoxy) is 2. The van der Waals surface area contributed by atoms with Crippen LogP contribution in [0.2, 0.25) is 0 Å². The average molecular weight is 267 g/mol. The Balaban J connectivity index is 1.87. The summed E-state index contributed by atoms with van der Waals surface area (Å²) in [7, 11) is 1.70. The summed E-state index contributed by atoms with van der Waals surface area (Å²) in [4.78, 5) is 4.60. The molecule has 2 aliphatic rings. The molecule has 6 heteroatoms. The summed E-state index contributed by atoms with van der Waals surface area (Å²) >= 11 is 0. The second kappa shape index (κ2) is 4.85. The molecule has 19 heavy (non-hydrogen) atoms. The van der Waals surface area contributed by atoms with Crippen LogP contribution in [0.4, 0.5) is 0 Å². The van der Waals surface area contributed by atoms with Gasteiger partial charge in [0.15, 0.2) is 0 Å². The average Bonchev–Trinajstić information content (AvgIpc) is 2.90. The highest BCUT2D eigenvalue weighted by Gasteiger charge is 2.45. The van der Waals surface area contributed by atoms with Gasteiger partial charge in [-0.25, -0.2) is 0 Å². The van der Waals surface area contributed by atoms with Crippen molar-refractivity contribution in [2.75, 3.05) is 26.9 Å². The van der Waals surface area contributed by atoms with Gasteiger partial charge in [0.05, 0.1) is 5.41 Å². The number of methoxy groups -OCH3 is 1. The molecule has 0 spiro atoms. The Bertz CT molecular complexity index is 431. The van der Waals surface area contributed by atoms with E-state index in [1.807, 2.05) is 0 Å². The Kier molecular flexibility index (Phi) is 3.32. The molecule has 1 aliphatic carbocycles. The standard InChI is InChI=1S/C13H21N3O3/c1-17-13(5-7-18-8-6-13)10-15-11(19-16-10)12(9-14)3-2-4-12/h2-9,14H2,1H3. The first-order valence-corrected chi connectivity index (χ1v) is 6.92. The summed E-state index contributed by atoms with van der Waals surface area (Å²) in [5.41, 5.74) is 5.32. The van der Waals surface area contributed by atoms with Gasteiger partial charge in [0.25, 0.3) is 0 Å². The molecule has 0 aromatic carbocycles. The monoisotopic (exact) mass is 267 g/mol. The predicted octanol–water partition coefficient (Wildman–Crippen LogP) is 1.10. The van der Waals surface area contributed by atoms with E-state index in [9.17, 15) is 0 Å². The lowest BCUT2D eigenvalue weighted by molar-refractivity contribution is -0.101. The minimum Gasteiger partial charge on any atom is -0.381 e. The summed E-state index contributed by atoms with van der Waals surface area (Å²) in [5.74, 6) is 1.33. The fourth-order valence-electron chi connectivity index (χ4n) is 2.95. The Morgan fingerprint density at radius 1 is 1.26 bits per heavy atom. The van der Waals surface area contributed by atoms with Crippen LogP contribution >= 0.6 is 0 Å². The van der Waals surface area contributed by atoms with Crippen LogP contribution in [-0.4, -0.2) is 37.0 Å². The Labute approximate surface area is 112 Å². The molecule has 3 rings (SSSR count). The third kappa shape index (κ3) is 1.98. The van der Waals surface area contributed by atoms with Crippen molar-refractivity contribution < 1.29 is 14.0 Å². The number of hydrogen-bond acceptors (Lipinski definition) is 6. The predicted molar refractivity (Wildman–Crippen MR) is 67.6 cm³/mol. The third-order valence-corrected chi connectivity index (χ3v) is 4.68. The number of hydrogen-bond donors (Lipinski definition) is 1. The van der Waals surface area contributed by atoms with E-state index in [0.717, 1.165) is 25.7 Å². The summed E-state index contributed by atoms with van der Waals surface area (Å²) in [6.07, 6.45) is 4.77. The minimum absolute atomic E-state index is 0.0919. The minimum atomic E-state index is -0.459. The van der Waals surface area contributed by atoms with E-state index in [0.29, 0.717) is 31.5 Å². The molecule has 1 aliphatic heterocycles. The highest BCUT2D eigenvalue weighted by Crippen LogP contribution is 2.43. The molecule has 0 radical (unpaired) electrons. The van der Waals surface area contributed by atoms with Crippen LogP contribution in [0.1, 0.15) is 43.8 Å². The molecule has 2 heterocycles. The quantitative estimate of drug-likeness (QED) is 0.879. The Hall–Kier alpha value is -0.980. The van der Waals surface area contributed by atoms with Crippen molar-refractivity contribution >= 4 is 0 Å². The zero-order chi connectivity index (χ0) is 13.3. The first-order chi connectivity index (χ1) is 9.25. The maximum atomic E-state index is 5.87. The SMILES string of the molecule is COC1(c2noc(C3(CN)CCC3)n2)CCOCC1. The summed E-state index contributed by atoms with van der Waals surface area (Å²) in [6, 6.07) is 0. The summed E-state index contributed by atoms with van der Waals surface area (Å²) < 4.78 is 16.6. The van der Waals surface area contributed by atoms with Gasteiger partial charge in [-0.3, -0.25) is 0 Å². The highest BCUT2D eigenvalue weighted by atomic mass is 16.5. The van der Waals surface area contributed by atoms with Crippen LogP contribution in [0.3, 0.4) is 0 Å². The molecule has 1 saturated carbocycles. The van der Waals surface area contributed by atoms with E-state index < -0.39 is 5.60 Å². The lowest BCUT2D eigenvalue weighted by Crippen LogP contribution is -2.42. The van der Waals surface area contributed by atoms with Gasteiger partial charge in [0, 0.05) is 39.7 Å². The molecule has 1 saturated heterocycles. The number of rotatable bonds is 4. The van der Waals surface area contributed by atoms with Crippen molar-refractivity contribution in [2.45, 2.75) is 43.1 Å². The van der Waals surface area contributed by atoms with Gasteiger partial charge < -0.3 is 19.7 Å². The van der Waals surface area contributed by atoms with Gasteiger partial charge in [0.1, 0.15) is 5.60 Å². The summed E-state index contributed by atoms with van der Waals surface area (Å²) in [5, 5.41) is 4.16. The van der Waals surface area contributed by atoms with E-state index in [1.165, 1.54) is 6.42 Å². The first-order valence-electron chi connectivity index (χ1n) is 6.92. The van der Waals surface area contributed by atoms with Crippen LogP contribution in [-0.2, 0) is 20.5 Å². The van der Waals surface area contributed by atoms with E-state index in [1.54, 1.807) is 7.11 Å². The highest BCUT2D eigenvalue weighted by molar-refractivity contribution is 5.14. The Morgan fingerprint density at radius 2 is 2.00 bits per heavy atom. The molecular weight excluding hydrogens is 246 g/mol. The van der Waals surface area contributed by atoms with Crippen LogP contribution in [0.5, 0.6) is 0 Å². The van der Waals surface area contributed by atoms with E-state index in [2.05, 4.69) is 10.1 Å². The van der Waals surface area contributed by atoms with E-state index in [4.69, 9.17) is 19.7 Å². The second-order valence-corrected chi connectivity index (χ2v) is 5.57. The van der Waals surface area contributed by atoms with Crippen LogP contribution in [0.15, 0.2) is 4.52 Å². The van der Waals surface area contributed by atoms with Gasteiger partial charge in [-0.1, -0.05) is 11.6 Å². The van der Waals surface area contributed by atoms with Crippen molar-refractivity contribution in [1.82, 2.24) is 10.1 Å². The maximum Gasteiger partial charge on any atom is 0.234 e. The van der Waals surface area contributed by atoms with Crippen molar-refractivity contribution in [3.05, 3.63) is 11.7 Å². The van der Waals surface area contributed by atoms with Crippen molar-refractivity contribution in [3.8, 4) is 0 Å². The van der Waals surface area contributed by atoms with Crippen molar-refractivity contribution in [1.29, 1.82) is 0 Å². The molecule has 0 unspecified atom stereocenters. The number of nitrogens with two attached hydrogens (primary N) is 1. The van der Waals surface area contributed by atoms with Gasteiger partial charge in [-0.05, 0) is 12.8 Å². The normalized spacial score (nSPS) is 24.9. The molecular formula is C13H21N3O3.